The van der Waals surface area contributed by atoms with Crippen LogP contribution in [0.4, 0.5) is 20.2 Å². The summed E-state index contributed by atoms with van der Waals surface area (Å²) in [6, 6.07) is 2.13. The Bertz CT molecular complexity index is 474. The van der Waals surface area contributed by atoms with E-state index in [2.05, 4.69) is 5.32 Å². The molecule has 0 saturated carbocycles. The zero-order chi connectivity index (χ0) is 13.8. The lowest BCUT2D eigenvalue weighted by molar-refractivity contribution is -0.119. The van der Waals surface area contributed by atoms with Gasteiger partial charge in [0.05, 0.1) is 18.2 Å². The van der Waals surface area contributed by atoms with Crippen LogP contribution in [0.5, 0.6) is 0 Å². The molecular weight excluding hydrogens is 254 g/mol. The van der Waals surface area contributed by atoms with Gasteiger partial charge >= 0.3 is 0 Å². The molecule has 1 unspecified atom stereocenters. The summed E-state index contributed by atoms with van der Waals surface area (Å²) in [5.41, 5.74) is 5.21. The van der Waals surface area contributed by atoms with Gasteiger partial charge in [0.15, 0.2) is 11.6 Å². The first-order chi connectivity index (χ1) is 9.08. The zero-order valence-corrected chi connectivity index (χ0v) is 10.4. The second kappa shape index (κ2) is 5.97. The first-order valence-electron chi connectivity index (χ1n) is 6.23. The highest BCUT2D eigenvalue weighted by atomic mass is 19.2. The number of carbonyl (C=O) groups is 1. The molecule has 1 aliphatic heterocycles. The van der Waals surface area contributed by atoms with E-state index in [0.717, 1.165) is 25.3 Å². The van der Waals surface area contributed by atoms with Crippen molar-refractivity contribution in [3.63, 3.8) is 0 Å². The van der Waals surface area contributed by atoms with E-state index < -0.39 is 17.5 Å². The fourth-order valence-electron chi connectivity index (χ4n) is 2.06. The Morgan fingerprint density at radius 2 is 2.21 bits per heavy atom. The van der Waals surface area contributed by atoms with E-state index in [1.54, 1.807) is 0 Å². The van der Waals surface area contributed by atoms with E-state index in [9.17, 15) is 13.6 Å². The van der Waals surface area contributed by atoms with E-state index in [-0.39, 0.29) is 23.9 Å². The quantitative estimate of drug-likeness (QED) is 0.829. The highest BCUT2D eigenvalue weighted by Gasteiger charge is 2.20. The molecule has 2 rings (SSSR count). The molecule has 104 valence electrons. The minimum Gasteiger partial charge on any atom is -0.397 e. The van der Waals surface area contributed by atoms with Crippen molar-refractivity contribution < 1.29 is 18.3 Å². The largest absolute Gasteiger partial charge is 0.397 e. The predicted octanol–water partition coefficient (Wildman–Crippen LogP) is 2.44. The maximum atomic E-state index is 13.5. The normalized spacial score (nSPS) is 19.2. The molecule has 1 saturated heterocycles. The van der Waals surface area contributed by atoms with Gasteiger partial charge in [0, 0.05) is 6.61 Å². The Morgan fingerprint density at radius 1 is 1.42 bits per heavy atom. The van der Waals surface area contributed by atoms with Crippen molar-refractivity contribution in [3.05, 3.63) is 23.8 Å². The summed E-state index contributed by atoms with van der Waals surface area (Å²) in [6.07, 6.45) is 2.76. The molecule has 1 fully saturated rings. The van der Waals surface area contributed by atoms with Crippen LogP contribution in [0.15, 0.2) is 12.1 Å². The molecule has 0 bridgehead atoms. The van der Waals surface area contributed by atoms with Crippen molar-refractivity contribution in [1.82, 2.24) is 0 Å². The van der Waals surface area contributed by atoms with Gasteiger partial charge in [-0.3, -0.25) is 4.79 Å². The number of amides is 1. The van der Waals surface area contributed by atoms with Gasteiger partial charge in [0.2, 0.25) is 5.91 Å². The second-order valence-electron chi connectivity index (χ2n) is 4.57. The van der Waals surface area contributed by atoms with E-state index in [1.807, 2.05) is 0 Å². The van der Waals surface area contributed by atoms with E-state index in [0.29, 0.717) is 6.61 Å². The fraction of sp³-hybridized carbons (Fsp3) is 0.462. The highest BCUT2D eigenvalue weighted by Crippen LogP contribution is 2.25. The molecule has 0 spiro atoms. The monoisotopic (exact) mass is 270 g/mol. The molecule has 3 N–H and O–H groups in total. The minimum atomic E-state index is -1.14. The number of hydrogen-bond acceptors (Lipinski definition) is 3. The van der Waals surface area contributed by atoms with Gasteiger partial charge in [0.1, 0.15) is 5.69 Å². The van der Waals surface area contributed by atoms with Crippen molar-refractivity contribution >= 4 is 17.3 Å². The number of carbonyl (C=O) groups excluding carboxylic acids is 1. The third-order valence-corrected chi connectivity index (χ3v) is 3.08. The molecular formula is C13H16F2N2O2. The first kappa shape index (κ1) is 13.7. The molecule has 1 aliphatic rings. The third-order valence-electron chi connectivity index (χ3n) is 3.08. The second-order valence-corrected chi connectivity index (χ2v) is 4.57. The predicted molar refractivity (Wildman–Crippen MR) is 67.6 cm³/mol. The lowest BCUT2D eigenvalue weighted by atomic mass is 10.1. The Labute approximate surface area is 109 Å². The molecule has 1 atom stereocenters. The lowest BCUT2D eigenvalue weighted by Gasteiger charge is -2.22. The van der Waals surface area contributed by atoms with Gasteiger partial charge in [0.25, 0.3) is 0 Å². The number of nitrogens with two attached hydrogens (primary N) is 1. The van der Waals surface area contributed by atoms with Gasteiger partial charge in [-0.2, -0.15) is 0 Å². The summed E-state index contributed by atoms with van der Waals surface area (Å²) in [5, 5.41) is 2.31. The van der Waals surface area contributed by atoms with Crippen molar-refractivity contribution in [1.29, 1.82) is 0 Å². The molecule has 1 amide bonds. The molecule has 1 aromatic carbocycles. The van der Waals surface area contributed by atoms with Crippen LogP contribution in [0.2, 0.25) is 0 Å². The SMILES string of the molecule is Nc1ccc(F)c(F)c1NC(=O)CC1CCCCO1. The maximum absolute atomic E-state index is 13.5. The van der Waals surface area contributed by atoms with Crippen LogP contribution in [-0.4, -0.2) is 18.6 Å². The van der Waals surface area contributed by atoms with E-state index >= 15 is 0 Å². The summed E-state index contributed by atoms with van der Waals surface area (Å²) in [6.45, 7) is 0.633. The van der Waals surface area contributed by atoms with E-state index in [4.69, 9.17) is 10.5 Å². The summed E-state index contributed by atoms with van der Waals surface area (Å²) in [4.78, 5) is 11.8. The standard InChI is InChI=1S/C13H16F2N2O2/c14-9-4-5-10(16)13(12(9)15)17-11(18)7-8-3-1-2-6-19-8/h4-5,8H,1-3,6-7,16H2,(H,17,18). The number of anilines is 2. The number of nitrogens with one attached hydrogen (secondary N) is 1. The van der Waals surface area contributed by atoms with E-state index in [1.165, 1.54) is 6.07 Å². The molecule has 0 aliphatic carbocycles. The summed E-state index contributed by atoms with van der Waals surface area (Å²) >= 11 is 0. The Balaban J connectivity index is 2.00. The topological polar surface area (TPSA) is 64.3 Å². The molecule has 6 heteroatoms. The number of ether oxygens (including phenoxy) is 1. The summed E-state index contributed by atoms with van der Waals surface area (Å²) in [7, 11) is 0. The van der Waals surface area contributed by atoms with Crippen LogP contribution in [-0.2, 0) is 9.53 Å². The van der Waals surface area contributed by atoms with Crippen LogP contribution in [0, 0.1) is 11.6 Å². The summed E-state index contributed by atoms with van der Waals surface area (Å²) in [5.74, 6) is -2.61. The molecule has 1 aromatic rings. The lowest BCUT2D eigenvalue weighted by Crippen LogP contribution is -2.26. The number of benzene rings is 1. The van der Waals surface area contributed by atoms with Gasteiger partial charge in [-0.1, -0.05) is 0 Å². The molecule has 0 radical (unpaired) electrons. The van der Waals surface area contributed by atoms with Crippen molar-refractivity contribution in [3.8, 4) is 0 Å². The summed E-state index contributed by atoms with van der Waals surface area (Å²) < 4.78 is 32.0. The molecule has 19 heavy (non-hydrogen) atoms. The van der Waals surface area contributed by atoms with Crippen molar-refractivity contribution in [2.75, 3.05) is 17.7 Å². The number of rotatable bonds is 3. The van der Waals surface area contributed by atoms with Gasteiger partial charge in [-0.25, -0.2) is 8.78 Å². The first-order valence-corrected chi connectivity index (χ1v) is 6.23. The van der Waals surface area contributed by atoms with Crippen LogP contribution in [0.1, 0.15) is 25.7 Å². The minimum absolute atomic E-state index is 0.00295. The Morgan fingerprint density at radius 3 is 2.89 bits per heavy atom. The average molecular weight is 270 g/mol. The number of hydrogen-bond donors (Lipinski definition) is 2. The van der Waals surface area contributed by atoms with Gasteiger partial charge in [-0.05, 0) is 31.4 Å². The number of halogens is 2. The third kappa shape index (κ3) is 3.41. The fourth-order valence-corrected chi connectivity index (χ4v) is 2.06. The highest BCUT2D eigenvalue weighted by molar-refractivity contribution is 5.94. The number of nitrogen functional groups attached to an aromatic ring is 1. The van der Waals surface area contributed by atoms with Crippen LogP contribution < -0.4 is 11.1 Å². The van der Waals surface area contributed by atoms with Crippen molar-refractivity contribution in [2.45, 2.75) is 31.8 Å². The van der Waals surface area contributed by atoms with Gasteiger partial charge in [-0.15, -0.1) is 0 Å². The van der Waals surface area contributed by atoms with Gasteiger partial charge < -0.3 is 15.8 Å². The smallest absolute Gasteiger partial charge is 0.227 e. The van der Waals surface area contributed by atoms with Crippen LogP contribution in [0.3, 0.4) is 0 Å². The van der Waals surface area contributed by atoms with Crippen LogP contribution >= 0.6 is 0 Å². The Hall–Kier alpha value is -1.69. The van der Waals surface area contributed by atoms with Crippen molar-refractivity contribution in [2.24, 2.45) is 0 Å². The molecule has 0 aromatic heterocycles. The average Bonchev–Trinajstić information content (AvgIpc) is 2.40. The molecule has 4 nitrogen and oxygen atoms in total. The molecule has 1 heterocycles. The maximum Gasteiger partial charge on any atom is 0.227 e. The van der Waals surface area contributed by atoms with Crippen LogP contribution in [0.25, 0.3) is 0 Å². The Kier molecular flexibility index (Phi) is 4.31. The zero-order valence-electron chi connectivity index (χ0n) is 10.4.